The fraction of sp³-hybridized carbons (Fsp3) is 0.474. The van der Waals surface area contributed by atoms with E-state index >= 15 is 0 Å². The Balaban J connectivity index is 1.69. The quantitative estimate of drug-likeness (QED) is 0.834. The van der Waals surface area contributed by atoms with Crippen molar-refractivity contribution in [2.75, 3.05) is 7.05 Å². The first-order chi connectivity index (χ1) is 12.4. The molecule has 3 rings (SSSR count). The van der Waals surface area contributed by atoms with Crippen molar-refractivity contribution in [1.82, 2.24) is 15.1 Å². The van der Waals surface area contributed by atoms with Gasteiger partial charge in [0, 0.05) is 13.6 Å². The molecule has 1 atom stereocenters. The Hall–Kier alpha value is -2.88. The lowest BCUT2D eigenvalue weighted by molar-refractivity contribution is -0.142. The van der Waals surface area contributed by atoms with E-state index in [1.165, 1.54) is 4.90 Å². The molecule has 1 saturated heterocycles. The molecule has 7 nitrogen and oxygen atoms in total. The van der Waals surface area contributed by atoms with Crippen LogP contribution in [0.4, 0.5) is 4.79 Å². The molecule has 1 aliphatic carbocycles. The average molecular weight is 354 g/mol. The van der Waals surface area contributed by atoms with Crippen molar-refractivity contribution in [1.29, 1.82) is 5.26 Å². The molecule has 1 aromatic rings. The number of carbonyl (C=O) groups excluding carboxylic acids is 3. The monoisotopic (exact) mass is 354 g/mol. The molecule has 0 aromatic heterocycles. The Bertz CT molecular complexity index is 775. The molecule has 7 heteroatoms. The molecule has 2 aliphatic rings. The lowest BCUT2D eigenvalue weighted by Crippen LogP contribution is -2.50. The van der Waals surface area contributed by atoms with Crippen LogP contribution in [0.15, 0.2) is 24.3 Å². The summed E-state index contributed by atoms with van der Waals surface area (Å²) in [6, 6.07) is 7.67. The summed E-state index contributed by atoms with van der Waals surface area (Å²) in [5.74, 6) is -0.583. The van der Waals surface area contributed by atoms with Gasteiger partial charge in [-0.05, 0) is 37.5 Å². The zero-order chi connectivity index (χ0) is 18.9. The summed E-state index contributed by atoms with van der Waals surface area (Å²) in [6.45, 7) is 1.92. The minimum Gasteiger partial charge on any atom is -0.340 e. The van der Waals surface area contributed by atoms with E-state index in [-0.39, 0.29) is 11.8 Å². The van der Waals surface area contributed by atoms with Gasteiger partial charge in [0.15, 0.2) is 0 Å². The van der Waals surface area contributed by atoms with Crippen LogP contribution in [0.1, 0.15) is 43.7 Å². The predicted octanol–water partition coefficient (Wildman–Crippen LogP) is 1.77. The topological polar surface area (TPSA) is 93.5 Å². The number of likely N-dealkylation sites (N-methyl/N-ethyl adjacent to an activating group) is 1. The first kappa shape index (κ1) is 17.9. The summed E-state index contributed by atoms with van der Waals surface area (Å²) in [5, 5.41) is 11.6. The molecule has 0 radical (unpaired) electrons. The van der Waals surface area contributed by atoms with E-state index in [0.717, 1.165) is 23.3 Å². The average Bonchev–Trinajstić information content (AvgIpc) is 3.19. The van der Waals surface area contributed by atoms with E-state index in [2.05, 4.69) is 5.32 Å². The lowest BCUT2D eigenvalue weighted by atomic mass is 9.97. The van der Waals surface area contributed by atoms with Gasteiger partial charge in [-0.25, -0.2) is 9.69 Å². The minimum atomic E-state index is -0.856. The van der Waals surface area contributed by atoms with E-state index in [0.29, 0.717) is 24.9 Å². The van der Waals surface area contributed by atoms with Crippen LogP contribution in [0, 0.1) is 11.3 Å². The summed E-state index contributed by atoms with van der Waals surface area (Å²) in [4.78, 5) is 40.4. The maximum atomic E-state index is 12.8. The number of imide groups is 1. The molecular formula is C19H22N4O3. The molecule has 1 aliphatic heterocycles. The van der Waals surface area contributed by atoms with Crippen molar-refractivity contribution >= 4 is 17.8 Å². The van der Waals surface area contributed by atoms with Crippen LogP contribution in [0.3, 0.4) is 0 Å². The van der Waals surface area contributed by atoms with Gasteiger partial charge in [0.05, 0.1) is 11.6 Å². The van der Waals surface area contributed by atoms with E-state index in [9.17, 15) is 14.4 Å². The Labute approximate surface area is 152 Å². The maximum Gasteiger partial charge on any atom is 0.325 e. The second-order valence-corrected chi connectivity index (χ2v) is 7.07. The van der Waals surface area contributed by atoms with Crippen LogP contribution in [0.25, 0.3) is 0 Å². The molecule has 1 aromatic carbocycles. The summed E-state index contributed by atoms with van der Waals surface area (Å²) in [7, 11) is 1.64. The van der Waals surface area contributed by atoms with Gasteiger partial charge in [-0.2, -0.15) is 5.26 Å². The van der Waals surface area contributed by atoms with Crippen LogP contribution in [-0.2, 0) is 16.1 Å². The summed E-state index contributed by atoms with van der Waals surface area (Å²) < 4.78 is 0. The van der Waals surface area contributed by atoms with Gasteiger partial charge in [-0.1, -0.05) is 25.0 Å². The summed E-state index contributed by atoms with van der Waals surface area (Å²) >= 11 is 0. The van der Waals surface area contributed by atoms with Crippen molar-refractivity contribution in [2.24, 2.45) is 0 Å². The van der Waals surface area contributed by atoms with Crippen LogP contribution >= 0.6 is 0 Å². The molecule has 1 saturated carbocycles. The fourth-order valence-electron chi connectivity index (χ4n) is 3.78. The molecule has 1 heterocycles. The second-order valence-electron chi connectivity index (χ2n) is 7.07. The number of carbonyl (C=O) groups is 3. The van der Waals surface area contributed by atoms with Gasteiger partial charge in [0.25, 0.3) is 5.91 Å². The van der Waals surface area contributed by atoms with Crippen LogP contribution in [0.2, 0.25) is 0 Å². The Morgan fingerprint density at radius 2 is 1.92 bits per heavy atom. The van der Waals surface area contributed by atoms with Gasteiger partial charge >= 0.3 is 6.03 Å². The van der Waals surface area contributed by atoms with Crippen LogP contribution < -0.4 is 5.32 Å². The normalized spacial score (nSPS) is 19.3. The van der Waals surface area contributed by atoms with E-state index < -0.39 is 17.6 Å². The van der Waals surface area contributed by atoms with Gasteiger partial charge in [0.1, 0.15) is 11.6 Å². The molecule has 1 spiro atoms. The van der Waals surface area contributed by atoms with Crippen LogP contribution in [0.5, 0.6) is 0 Å². The highest BCUT2D eigenvalue weighted by Gasteiger charge is 2.54. The Morgan fingerprint density at radius 1 is 1.31 bits per heavy atom. The number of rotatable bonds is 4. The van der Waals surface area contributed by atoms with E-state index in [1.54, 1.807) is 38.2 Å². The number of urea groups is 1. The van der Waals surface area contributed by atoms with E-state index in [4.69, 9.17) is 5.26 Å². The van der Waals surface area contributed by atoms with Crippen molar-refractivity contribution in [3.63, 3.8) is 0 Å². The number of nitriles is 1. The third-order valence-electron chi connectivity index (χ3n) is 5.27. The van der Waals surface area contributed by atoms with Crippen molar-refractivity contribution in [2.45, 2.75) is 50.7 Å². The zero-order valence-electron chi connectivity index (χ0n) is 15.0. The van der Waals surface area contributed by atoms with Crippen molar-refractivity contribution in [3.05, 3.63) is 35.4 Å². The van der Waals surface area contributed by atoms with Gasteiger partial charge in [-0.15, -0.1) is 0 Å². The van der Waals surface area contributed by atoms with Crippen LogP contribution in [-0.4, -0.2) is 46.3 Å². The third kappa shape index (κ3) is 3.03. The standard InChI is InChI=1S/C19H22N4O3/c1-13(23-17(25)19(21-18(23)26)9-3-4-10-19)16(24)22(2)12-15-7-5-14(11-20)6-8-15/h5-8,13H,3-4,9-10,12H2,1-2H3,(H,21,26). The number of hydrogen-bond acceptors (Lipinski definition) is 4. The fourth-order valence-corrected chi connectivity index (χ4v) is 3.78. The Kier molecular flexibility index (Phi) is 4.68. The number of benzene rings is 1. The highest BCUT2D eigenvalue weighted by molar-refractivity contribution is 6.09. The number of nitrogens with one attached hydrogen (secondary N) is 1. The SMILES string of the molecule is CC(C(=O)N(C)Cc1ccc(C#N)cc1)N1C(=O)NC2(CCCC2)C1=O. The molecule has 2 fully saturated rings. The van der Waals surface area contributed by atoms with Gasteiger partial charge < -0.3 is 10.2 Å². The molecule has 1 unspecified atom stereocenters. The first-order valence-corrected chi connectivity index (χ1v) is 8.78. The second kappa shape index (κ2) is 6.79. The number of amides is 4. The van der Waals surface area contributed by atoms with E-state index in [1.807, 2.05) is 6.07 Å². The third-order valence-corrected chi connectivity index (χ3v) is 5.27. The first-order valence-electron chi connectivity index (χ1n) is 8.78. The predicted molar refractivity (Wildman–Crippen MR) is 93.7 cm³/mol. The highest BCUT2D eigenvalue weighted by Crippen LogP contribution is 2.35. The van der Waals surface area contributed by atoms with Gasteiger partial charge in [-0.3, -0.25) is 9.59 Å². The maximum absolute atomic E-state index is 12.8. The minimum absolute atomic E-state index is 0.285. The summed E-state index contributed by atoms with van der Waals surface area (Å²) in [6.07, 6.45) is 3.08. The van der Waals surface area contributed by atoms with Crippen molar-refractivity contribution < 1.29 is 14.4 Å². The molecule has 136 valence electrons. The number of nitrogens with zero attached hydrogens (tertiary/aromatic N) is 3. The molecular weight excluding hydrogens is 332 g/mol. The molecule has 4 amide bonds. The smallest absolute Gasteiger partial charge is 0.325 e. The molecule has 1 N–H and O–H groups in total. The zero-order valence-corrected chi connectivity index (χ0v) is 15.0. The summed E-state index contributed by atoms with van der Waals surface area (Å²) in [5.41, 5.74) is 0.617. The lowest BCUT2D eigenvalue weighted by Gasteiger charge is -2.27. The largest absolute Gasteiger partial charge is 0.340 e. The number of hydrogen-bond donors (Lipinski definition) is 1. The molecule has 0 bridgehead atoms. The Morgan fingerprint density at radius 3 is 2.50 bits per heavy atom. The molecule has 26 heavy (non-hydrogen) atoms. The van der Waals surface area contributed by atoms with Crippen molar-refractivity contribution in [3.8, 4) is 6.07 Å². The highest BCUT2D eigenvalue weighted by atomic mass is 16.2. The van der Waals surface area contributed by atoms with Gasteiger partial charge in [0.2, 0.25) is 5.91 Å².